The SMILES string of the molecule is CCCCCCCCN(CCCCCCCC)C(=O)c1ccccc1C#Cc1ccc2ccc3ccc4ccc5ccc6ccc(C#Cc7ccccc7C(=O)N(CCCCCCCC)CCCCCCCC)cc6c5c4c3c2c1. The predicted octanol–water partition coefficient (Wildman–Crippen LogP) is 20.6. The summed E-state index contributed by atoms with van der Waals surface area (Å²) in [5.41, 5.74) is 4.76. The Bertz CT molecular complexity index is 3170. The first kappa shape index (κ1) is 59.2. The molecule has 0 radical (unpaired) electrons. The molecule has 0 N–H and O–H groups in total. The summed E-state index contributed by atoms with van der Waals surface area (Å²) in [6.45, 7) is 12.2. The maximum absolute atomic E-state index is 14.5. The highest BCUT2D eigenvalue weighted by Crippen LogP contribution is 2.40. The molecule has 0 aliphatic heterocycles. The summed E-state index contributed by atoms with van der Waals surface area (Å²) in [6, 6.07) is 47.0. The zero-order valence-corrected chi connectivity index (χ0v) is 49.2. The van der Waals surface area contributed by atoms with Crippen LogP contribution in [0.15, 0.2) is 133 Å². The minimum atomic E-state index is 0.0978. The molecule has 0 aromatic heterocycles. The highest BCUT2D eigenvalue weighted by Gasteiger charge is 2.20. The molecule has 0 atom stereocenters. The summed E-state index contributed by atoms with van der Waals surface area (Å²) in [5.74, 6) is 14.3. The highest BCUT2D eigenvalue weighted by molar-refractivity contribution is 6.32. The van der Waals surface area contributed by atoms with Crippen molar-refractivity contribution in [1.82, 2.24) is 9.80 Å². The molecule has 8 aromatic rings. The second-order valence-corrected chi connectivity index (χ2v) is 22.7. The molecule has 0 aliphatic carbocycles. The average molecular weight is 1060 g/mol. The first-order valence-electron chi connectivity index (χ1n) is 31.5. The van der Waals surface area contributed by atoms with Gasteiger partial charge in [0.25, 0.3) is 11.8 Å². The maximum Gasteiger partial charge on any atom is 0.255 e. The standard InChI is InChI=1S/C76H90N2O2/c1-5-9-13-17-21-29-53-77(54-30-22-18-14-10-6-2)75(79)68-35-27-25-33-61(68)41-37-59-39-43-63-45-47-65-49-51-67-52-50-66-48-46-64-44-40-60(58-71(64)73(66)74(67)72(65)70(63)57-59)38-42-62-34-26-28-36-69(62)76(80)78(55-31-23-19-15-11-7-3)56-32-24-20-16-12-8-4/h25-28,33-36,39-40,43-52,57-58H,5-24,29-32,53-56H2,1-4H3. The van der Waals surface area contributed by atoms with E-state index in [1.807, 2.05) is 48.5 Å². The van der Waals surface area contributed by atoms with E-state index >= 15 is 0 Å². The van der Waals surface area contributed by atoms with E-state index in [1.165, 1.54) is 135 Å². The lowest BCUT2D eigenvalue weighted by molar-refractivity contribution is 0.0741. The molecule has 4 nitrogen and oxygen atoms in total. The molecule has 0 unspecified atom stereocenters. The van der Waals surface area contributed by atoms with Crippen molar-refractivity contribution in [2.45, 2.75) is 182 Å². The van der Waals surface area contributed by atoms with Gasteiger partial charge in [-0.1, -0.05) is 265 Å². The van der Waals surface area contributed by atoms with E-state index < -0.39 is 0 Å². The topological polar surface area (TPSA) is 40.6 Å². The number of rotatable bonds is 30. The Labute approximate surface area is 481 Å². The van der Waals surface area contributed by atoms with Crippen molar-refractivity contribution in [2.24, 2.45) is 0 Å². The third kappa shape index (κ3) is 16.2. The monoisotopic (exact) mass is 1060 g/mol. The molecule has 2 amide bonds. The second-order valence-electron chi connectivity index (χ2n) is 22.7. The first-order valence-corrected chi connectivity index (χ1v) is 31.5. The molecule has 0 fully saturated rings. The number of amides is 2. The van der Waals surface area contributed by atoms with Crippen LogP contribution in [0.5, 0.6) is 0 Å². The van der Waals surface area contributed by atoms with Gasteiger partial charge >= 0.3 is 0 Å². The Balaban J connectivity index is 1.11. The summed E-state index contributed by atoms with van der Waals surface area (Å²) in [6.07, 6.45) is 28.9. The van der Waals surface area contributed by atoms with Crippen LogP contribution in [0.1, 0.15) is 225 Å². The molecule has 8 aromatic carbocycles. The fourth-order valence-corrected chi connectivity index (χ4v) is 11.8. The molecular weight excluding hydrogens is 973 g/mol. The number of carbonyl (C=O) groups is 2. The van der Waals surface area contributed by atoms with E-state index in [9.17, 15) is 9.59 Å². The molecule has 4 heteroatoms. The van der Waals surface area contributed by atoms with E-state index in [-0.39, 0.29) is 11.8 Å². The van der Waals surface area contributed by atoms with Gasteiger partial charge < -0.3 is 9.80 Å². The van der Waals surface area contributed by atoms with Crippen LogP contribution in [0.3, 0.4) is 0 Å². The van der Waals surface area contributed by atoms with Crippen molar-refractivity contribution in [1.29, 1.82) is 0 Å². The van der Waals surface area contributed by atoms with Gasteiger partial charge in [-0.05, 0) is 128 Å². The third-order valence-corrected chi connectivity index (χ3v) is 16.5. The number of carbonyl (C=O) groups excluding carboxylic acids is 2. The molecule has 0 heterocycles. The van der Waals surface area contributed by atoms with Gasteiger partial charge in [-0.15, -0.1) is 0 Å². The van der Waals surface area contributed by atoms with Gasteiger partial charge in [0.05, 0.1) is 11.1 Å². The summed E-state index contributed by atoms with van der Waals surface area (Å²) in [4.78, 5) is 33.2. The van der Waals surface area contributed by atoms with Gasteiger partial charge in [0.15, 0.2) is 0 Å². The summed E-state index contributed by atoms with van der Waals surface area (Å²) >= 11 is 0. The molecule has 0 saturated carbocycles. The fourth-order valence-electron chi connectivity index (χ4n) is 11.8. The van der Waals surface area contributed by atoms with Crippen molar-refractivity contribution < 1.29 is 9.59 Å². The first-order chi connectivity index (χ1) is 39.4. The van der Waals surface area contributed by atoms with Crippen LogP contribution < -0.4 is 0 Å². The predicted molar refractivity (Wildman–Crippen MR) is 344 cm³/mol. The van der Waals surface area contributed by atoms with Crippen LogP contribution in [0.25, 0.3) is 53.9 Å². The lowest BCUT2D eigenvalue weighted by Crippen LogP contribution is -2.33. The number of hydrogen-bond acceptors (Lipinski definition) is 2. The summed E-state index contributed by atoms with van der Waals surface area (Å²) in [5, 5.41) is 11.7. The van der Waals surface area contributed by atoms with Gasteiger partial charge in [0.1, 0.15) is 0 Å². The van der Waals surface area contributed by atoms with E-state index in [1.54, 1.807) is 0 Å². The molecule has 0 saturated heterocycles. The van der Waals surface area contributed by atoms with Crippen molar-refractivity contribution in [3.05, 3.63) is 167 Å². The van der Waals surface area contributed by atoms with Crippen LogP contribution in [0, 0.1) is 23.7 Å². The lowest BCUT2D eigenvalue weighted by Gasteiger charge is -2.23. The zero-order valence-electron chi connectivity index (χ0n) is 49.2. The van der Waals surface area contributed by atoms with Gasteiger partial charge in [0, 0.05) is 48.4 Å². The number of hydrogen-bond donors (Lipinski definition) is 0. The van der Waals surface area contributed by atoms with E-state index in [0.717, 1.165) is 121 Å². The molecule has 416 valence electrons. The summed E-state index contributed by atoms with van der Waals surface area (Å²) in [7, 11) is 0. The van der Waals surface area contributed by atoms with Crippen molar-refractivity contribution >= 4 is 65.7 Å². The third-order valence-electron chi connectivity index (χ3n) is 16.5. The summed E-state index contributed by atoms with van der Waals surface area (Å²) < 4.78 is 0. The number of benzene rings is 8. The van der Waals surface area contributed by atoms with Gasteiger partial charge in [-0.2, -0.15) is 0 Å². The normalized spacial score (nSPS) is 11.3. The van der Waals surface area contributed by atoms with Gasteiger partial charge in [-0.25, -0.2) is 0 Å². The molecular formula is C76H90N2O2. The molecule has 0 spiro atoms. The van der Waals surface area contributed by atoms with Crippen LogP contribution in [-0.4, -0.2) is 47.8 Å². The second kappa shape index (κ2) is 31.8. The zero-order chi connectivity index (χ0) is 55.7. The average Bonchev–Trinajstić information content (AvgIpc) is 3.55. The number of unbranched alkanes of at least 4 members (excludes halogenated alkanes) is 20. The minimum Gasteiger partial charge on any atom is -0.339 e. The molecule has 80 heavy (non-hydrogen) atoms. The van der Waals surface area contributed by atoms with Crippen molar-refractivity contribution in [2.75, 3.05) is 26.2 Å². The highest BCUT2D eigenvalue weighted by atomic mass is 16.2. The number of fused-ring (bicyclic) bond motifs is 9. The Morgan fingerprint density at radius 2 is 0.600 bits per heavy atom. The quantitative estimate of drug-likeness (QED) is 0.0256. The van der Waals surface area contributed by atoms with E-state index in [4.69, 9.17) is 0 Å². The largest absolute Gasteiger partial charge is 0.339 e. The lowest BCUT2D eigenvalue weighted by atomic mass is 9.90. The fraction of sp³-hybridized carbons (Fsp3) is 0.421. The Morgan fingerprint density at radius 1 is 0.312 bits per heavy atom. The van der Waals surface area contributed by atoms with Crippen LogP contribution in [0.4, 0.5) is 0 Å². The van der Waals surface area contributed by atoms with E-state index in [0.29, 0.717) is 11.1 Å². The van der Waals surface area contributed by atoms with Gasteiger partial charge in [0.2, 0.25) is 0 Å². The van der Waals surface area contributed by atoms with Crippen LogP contribution in [0.2, 0.25) is 0 Å². The molecule has 0 aliphatic rings. The van der Waals surface area contributed by atoms with Crippen molar-refractivity contribution in [3.63, 3.8) is 0 Å². The smallest absolute Gasteiger partial charge is 0.255 e. The van der Waals surface area contributed by atoms with E-state index in [2.05, 4.69) is 146 Å². The van der Waals surface area contributed by atoms with Crippen molar-refractivity contribution in [3.8, 4) is 23.7 Å². The minimum absolute atomic E-state index is 0.0978. The van der Waals surface area contributed by atoms with Crippen LogP contribution >= 0.6 is 0 Å². The Hall–Kier alpha value is -6.88. The number of nitrogens with zero attached hydrogens (tertiary/aromatic N) is 2. The maximum atomic E-state index is 14.5. The molecule has 8 rings (SSSR count). The van der Waals surface area contributed by atoms with Gasteiger partial charge in [-0.3, -0.25) is 9.59 Å². The molecule has 0 bridgehead atoms. The Morgan fingerprint density at radius 3 is 0.950 bits per heavy atom. The van der Waals surface area contributed by atoms with Crippen LogP contribution in [-0.2, 0) is 0 Å². The Kier molecular flexibility index (Phi) is 23.5.